The largest absolute Gasteiger partial charge is 0.389 e. The number of H-pyrrole nitrogens is 2. The van der Waals surface area contributed by atoms with E-state index in [0.717, 1.165) is 38.5 Å². The van der Waals surface area contributed by atoms with Crippen LogP contribution >= 0.6 is 0 Å². The first kappa shape index (κ1) is 68.1. The Hall–Kier alpha value is -8.28. The second kappa shape index (κ2) is 31.8. The van der Waals surface area contributed by atoms with E-state index in [1.54, 1.807) is 0 Å². The van der Waals surface area contributed by atoms with Gasteiger partial charge < -0.3 is 9.97 Å². The summed E-state index contributed by atoms with van der Waals surface area (Å²) in [4.78, 5) is 7.38. The van der Waals surface area contributed by atoms with E-state index in [-0.39, 0.29) is 24.3 Å². The molecule has 2 heterocycles. The Kier molecular flexibility index (Phi) is 23.6. The third-order valence-corrected chi connectivity index (χ3v) is 17.9. The van der Waals surface area contributed by atoms with Crippen molar-refractivity contribution < 1.29 is 52.3 Å². The Morgan fingerprint density at radius 3 is 0.848 bits per heavy atom. The fourth-order valence-corrected chi connectivity index (χ4v) is 12.8. The van der Waals surface area contributed by atoms with Gasteiger partial charge in [0.15, 0.2) is 0 Å². The highest BCUT2D eigenvalue weighted by Gasteiger charge is 2.27. The Bertz CT molecular complexity index is 4320. The van der Waals surface area contributed by atoms with Crippen LogP contribution in [0, 0.1) is 0 Å². The third kappa shape index (κ3) is 20.4. The zero-order valence-corrected chi connectivity index (χ0v) is 52.8. The van der Waals surface area contributed by atoms with Crippen LogP contribution in [0.3, 0.4) is 0 Å². The molecule has 2 aromatic heterocycles. The van der Waals surface area contributed by atoms with Gasteiger partial charge in [0.1, 0.15) is 0 Å². The van der Waals surface area contributed by atoms with Gasteiger partial charge in [0.05, 0.1) is 22.9 Å². The van der Waals surface area contributed by atoms with Gasteiger partial charge in [-0.2, -0.15) is 43.2 Å². The molecule has 0 bridgehead atoms. The zero-order valence-electron chi connectivity index (χ0n) is 51.1. The number of hydrogen-bond acceptors (Lipinski definition) is 4. The SMILES string of the molecule is O=S(=O)(O)CCCCCCCCCC(F)(F)F.O=S(=O)(O)CCCCCCCCCC(F)(F)F.c1ccc2cc(-c3[nH]c4ccccc4c3-c3ccc4ccccc4c3)ccc2c1.c1ccc2cc(-c3[nH]c4ccccc4c3-c3ccc4ccccc4c3)ccc2c1. The molecule has 0 spiro atoms. The number of para-hydroxylation sites is 2. The maximum Gasteiger partial charge on any atom is 0.389 e. The predicted octanol–water partition coefficient (Wildman–Crippen LogP) is 22.7. The van der Waals surface area contributed by atoms with Crippen LogP contribution in [0.15, 0.2) is 218 Å². The van der Waals surface area contributed by atoms with Crippen molar-refractivity contribution in [3.63, 3.8) is 0 Å². The van der Waals surface area contributed by atoms with Crippen molar-refractivity contribution in [3.05, 3.63) is 218 Å². The van der Waals surface area contributed by atoms with Crippen molar-refractivity contribution >= 4 is 85.1 Å². The summed E-state index contributed by atoms with van der Waals surface area (Å²) in [6, 6.07) is 78.2. The molecular weight excluding hydrogens is 1210 g/mol. The van der Waals surface area contributed by atoms with E-state index in [4.69, 9.17) is 9.11 Å². The number of halogens is 6. The van der Waals surface area contributed by atoms with Gasteiger partial charge in [-0.3, -0.25) is 9.11 Å². The fourth-order valence-electron chi connectivity index (χ4n) is 11.7. The summed E-state index contributed by atoms with van der Waals surface area (Å²) < 4.78 is 129. The van der Waals surface area contributed by atoms with E-state index in [9.17, 15) is 43.2 Å². The van der Waals surface area contributed by atoms with E-state index in [2.05, 4.69) is 228 Å². The average Bonchev–Trinajstić information content (AvgIpc) is 1.60. The number of fused-ring (bicyclic) bond motifs is 6. The second-order valence-electron chi connectivity index (χ2n) is 23.3. The second-order valence-corrected chi connectivity index (χ2v) is 26.5. The van der Waals surface area contributed by atoms with Crippen molar-refractivity contribution in [2.75, 3.05) is 11.5 Å². The first-order valence-electron chi connectivity index (χ1n) is 31.4. The number of aromatic amines is 2. The first-order chi connectivity index (χ1) is 44.1. The molecule has 0 unspecified atom stereocenters. The normalized spacial score (nSPS) is 12.0. The topological polar surface area (TPSA) is 140 Å². The molecule has 92 heavy (non-hydrogen) atoms. The van der Waals surface area contributed by atoms with Crippen LogP contribution in [0.25, 0.3) is 110 Å². The smallest absolute Gasteiger partial charge is 0.354 e. The van der Waals surface area contributed by atoms with Crippen LogP contribution in [0.1, 0.15) is 103 Å². The van der Waals surface area contributed by atoms with Gasteiger partial charge in [-0.25, -0.2) is 0 Å². The number of hydrogen-bond donors (Lipinski definition) is 4. The molecule has 0 fully saturated rings. The minimum Gasteiger partial charge on any atom is -0.354 e. The van der Waals surface area contributed by atoms with E-state index in [1.165, 1.54) is 110 Å². The van der Waals surface area contributed by atoms with E-state index < -0.39 is 45.4 Å². The summed E-state index contributed by atoms with van der Waals surface area (Å²) in [5, 5.41) is 12.6. The molecular formula is C76H76F6N2O6S2. The quantitative estimate of drug-likeness (QED) is 0.0303. The van der Waals surface area contributed by atoms with Crippen molar-refractivity contribution in [2.24, 2.45) is 0 Å². The van der Waals surface area contributed by atoms with Crippen molar-refractivity contribution in [1.82, 2.24) is 9.97 Å². The molecule has 10 aromatic carbocycles. The number of aromatic nitrogens is 2. The van der Waals surface area contributed by atoms with Crippen LogP contribution in [0.4, 0.5) is 26.3 Å². The van der Waals surface area contributed by atoms with E-state index in [0.29, 0.717) is 38.5 Å². The molecule has 12 aromatic rings. The molecule has 0 aliphatic heterocycles. The van der Waals surface area contributed by atoms with Crippen LogP contribution in [-0.2, 0) is 20.2 Å². The molecule has 0 aliphatic carbocycles. The number of nitrogens with one attached hydrogen (secondary N) is 2. The Morgan fingerprint density at radius 1 is 0.293 bits per heavy atom. The highest BCUT2D eigenvalue weighted by molar-refractivity contribution is 7.86. The summed E-state index contributed by atoms with van der Waals surface area (Å²) in [5.74, 6) is -0.470. The third-order valence-electron chi connectivity index (χ3n) is 16.3. The molecule has 0 radical (unpaired) electrons. The summed E-state index contributed by atoms with van der Waals surface area (Å²) >= 11 is 0. The van der Waals surface area contributed by atoms with Crippen LogP contribution in [0.5, 0.6) is 0 Å². The Balaban J connectivity index is 0.000000151. The van der Waals surface area contributed by atoms with Gasteiger partial charge >= 0.3 is 12.4 Å². The molecule has 4 N–H and O–H groups in total. The summed E-state index contributed by atoms with van der Waals surface area (Å²) in [5.41, 5.74) is 12.1. The Morgan fingerprint density at radius 2 is 0.543 bits per heavy atom. The lowest BCUT2D eigenvalue weighted by atomic mass is 9.95. The summed E-state index contributed by atoms with van der Waals surface area (Å²) in [7, 11) is -7.73. The summed E-state index contributed by atoms with van der Waals surface area (Å²) in [6.07, 6.45) is -1.30. The lowest BCUT2D eigenvalue weighted by Gasteiger charge is -2.09. The van der Waals surface area contributed by atoms with E-state index >= 15 is 0 Å². The molecule has 0 aliphatic rings. The van der Waals surface area contributed by atoms with Crippen LogP contribution in [0.2, 0.25) is 0 Å². The van der Waals surface area contributed by atoms with Gasteiger partial charge in [-0.1, -0.05) is 246 Å². The monoisotopic (exact) mass is 1290 g/mol. The lowest BCUT2D eigenvalue weighted by molar-refractivity contribution is -0.136. The van der Waals surface area contributed by atoms with Crippen LogP contribution < -0.4 is 0 Å². The minimum atomic E-state index is -4.06. The number of alkyl halides is 6. The number of rotatable bonds is 22. The molecule has 480 valence electrons. The zero-order chi connectivity index (χ0) is 65.1. The van der Waals surface area contributed by atoms with E-state index in [1.807, 2.05) is 0 Å². The van der Waals surface area contributed by atoms with Gasteiger partial charge in [-0.15, -0.1) is 0 Å². The van der Waals surface area contributed by atoms with Crippen molar-refractivity contribution in [1.29, 1.82) is 0 Å². The molecule has 12 rings (SSSR count). The van der Waals surface area contributed by atoms with Gasteiger partial charge in [-0.05, 0) is 127 Å². The standard InChI is InChI=1S/2C28H19N.2C10H19F3O3S/c2*1-3-9-21-17-23(15-13-19(21)7-1)27-25-11-5-6-12-26(25)29-28(27)24-16-14-20-8-2-4-10-22(20)18-24;2*11-10(12,13)8-6-4-2-1-3-5-7-9-17(14,15)16/h2*1-18,29H;2*1-9H2,(H,14,15,16). The highest BCUT2D eigenvalue weighted by Crippen LogP contribution is 2.42. The molecule has 0 saturated heterocycles. The maximum absolute atomic E-state index is 11.8. The van der Waals surface area contributed by atoms with Crippen molar-refractivity contribution in [2.45, 2.75) is 115 Å². The van der Waals surface area contributed by atoms with Crippen LogP contribution in [-0.4, -0.2) is 59.8 Å². The Labute approximate surface area is 534 Å². The first-order valence-corrected chi connectivity index (χ1v) is 34.6. The average molecular weight is 1290 g/mol. The van der Waals surface area contributed by atoms with Crippen molar-refractivity contribution in [3.8, 4) is 44.8 Å². The predicted molar refractivity (Wildman–Crippen MR) is 367 cm³/mol. The molecule has 16 heteroatoms. The lowest BCUT2D eigenvalue weighted by Crippen LogP contribution is -2.06. The molecule has 0 saturated carbocycles. The fraction of sp³-hybridized carbons (Fsp3) is 0.263. The minimum absolute atomic E-state index is 0.161. The van der Waals surface area contributed by atoms with Gasteiger partial charge in [0, 0.05) is 45.8 Å². The maximum atomic E-state index is 11.8. The molecule has 0 atom stereocenters. The highest BCUT2D eigenvalue weighted by atomic mass is 32.2. The van der Waals surface area contributed by atoms with Gasteiger partial charge in [0.2, 0.25) is 0 Å². The summed E-state index contributed by atoms with van der Waals surface area (Å²) in [6.45, 7) is 0. The number of benzene rings is 10. The molecule has 0 amide bonds. The van der Waals surface area contributed by atoms with Gasteiger partial charge in [0.25, 0.3) is 20.2 Å². The molecule has 8 nitrogen and oxygen atoms in total. The number of unbranched alkanes of at least 4 members (excludes halogenated alkanes) is 12.